The molecule has 5 aromatic heterocycles. The Morgan fingerprint density at radius 3 is 1.85 bits per heavy atom. The quantitative estimate of drug-likeness (QED) is 0.0553. The minimum absolute atomic E-state index is 0.185. The number of aryl methyl sites for hydroxylation is 1. The number of pyridine rings is 2. The van der Waals surface area contributed by atoms with Crippen LogP contribution in [0.15, 0.2) is 126 Å². The minimum atomic E-state index is -0.437. The number of nitrogens with zero attached hydrogens (tertiary/aromatic N) is 11. The van der Waals surface area contributed by atoms with Crippen LogP contribution in [0, 0.1) is 6.92 Å². The number of hydrogen-bond donors (Lipinski definition) is 2. The van der Waals surface area contributed by atoms with Crippen LogP contribution in [-0.2, 0) is 4.74 Å². The van der Waals surface area contributed by atoms with Crippen molar-refractivity contribution in [3.8, 4) is 23.0 Å². The van der Waals surface area contributed by atoms with E-state index in [1.807, 2.05) is 89.7 Å². The lowest BCUT2D eigenvalue weighted by molar-refractivity contribution is 0.0518. The van der Waals surface area contributed by atoms with Gasteiger partial charge in [0.25, 0.3) is 5.89 Å². The van der Waals surface area contributed by atoms with Gasteiger partial charge in [0, 0.05) is 32.5 Å². The van der Waals surface area contributed by atoms with Crippen LogP contribution in [0.1, 0.15) is 90.0 Å². The molecule has 2 aliphatic rings. The van der Waals surface area contributed by atoms with Gasteiger partial charge < -0.3 is 20.2 Å². The Bertz CT molecular complexity index is 2760. The van der Waals surface area contributed by atoms with Gasteiger partial charge in [-0.2, -0.15) is 4.98 Å². The molecule has 0 bridgehead atoms. The van der Waals surface area contributed by atoms with Crippen LogP contribution >= 0.6 is 31.9 Å². The first-order valence-corrected chi connectivity index (χ1v) is 20.2. The third kappa shape index (κ3) is 8.55. The number of ether oxygens (including phenoxy) is 1. The number of rotatable bonds is 5. The van der Waals surface area contributed by atoms with Gasteiger partial charge in [-0.25, -0.2) is 14.8 Å². The van der Waals surface area contributed by atoms with Gasteiger partial charge >= 0.3 is 5.97 Å². The molecule has 7 aromatic rings. The van der Waals surface area contributed by atoms with E-state index in [4.69, 9.17) is 30.2 Å². The van der Waals surface area contributed by atoms with Crippen LogP contribution in [0.25, 0.3) is 23.0 Å². The summed E-state index contributed by atoms with van der Waals surface area (Å²) in [4.78, 5) is 44.6. The maximum Gasteiger partial charge on any atom is 0.358 e. The summed E-state index contributed by atoms with van der Waals surface area (Å²) in [6.07, 6.45) is 6.96. The minimum Gasteiger partial charge on any atom is -0.461 e. The molecular weight excluding hydrogens is 896 g/mol. The number of carbonyl (C=O) groups is 1. The molecule has 0 aliphatic carbocycles. The van der Waals surface area contributed by atoms with Gasteiger partial charge in [0.15, 0.2) is 17.2 Å². The maximum absolute atomic E-state index is 12.4. The summed E-state index contributed by atoms with van der Waals surface area (Å²) in [5.74, 6) is 0.714. The van der Waals surface area contributed by atoms with E-state index in [-0.39, 0.29) is 17.9 Å². The van der Waals surface area contributed by atoms with E-state index in [2.05, 4.69) is 73.2 Å². The molecule has 2 aliphatic heterocycles. The zero-order valence-electron chi connectivity index (χ0n) is 33.0. The second-order valence-electron chi connectivity index (χ2n) is 13.4. The van der Waals surface area contributed by atoms with Gasteiger partial charge in [0.2, 0.25) is 0 Å². The van der Waals surface area contributed by atoms with Crippen molar-refractivity contribution in [2.24, 2.45) is 20.9 Å². The van der Waals surface area contributed by atoms with Gasteiger partial charge in [-0.05, 0) is 95.3 Å². The summed E-state index contributed by atoms with van der Waals surface area (Å²) in [7, 11) is 0. The Kier molecular flexibility index (Phi) is 12.5. The summed E-state index contributed by atoms with van der Waals surface area (Å²) in [6, 6.07) is 23.1. The van der Waals surface area contributed by atoms with E-state index in [0.717, 1.165) is 60.0 Å². The first-order valence-electron chi connectivity index (χ1n) is 18.6. The molecule has 2 atom stereocenters. The smallest absolute Gasteiger partial charge is 0.358 e. The molecule has 304 valence electrons. The molecule has 9 rings (SSSR count). The summed E-state index contributed by atoms with van der Waals surface area (Å²) < 4.78 is 16.4. The van der Waals surface area contributed by atoms with Crippen LogP contribution in [0.2, 0.25) is 0 Å². The molecule has 16 nitrogen and oxygen atoms in total. The van der Waals surface area contributed by atoms with E-state index < -0.39 is 5.97 Å². The van der Waals surface area contributed by atoms with Crippen molar-refractivity contribution >= 4 is 55.1 Å². The highest BCUT2D eigenvalue weighted by Crippen LogP contribution is 2.37. The number of aliphatic imine (C=N–C) groups is 2. The van der Waals surface area contributed by atoms with Crippen molar-refractivity contribution in [1.82, 2.24) is 39.2 Å². The molecule has 3 N–H and O–H groups in total. The first-order chi connectivity index (χ1) is 29.0. The predicted molar refractivity (Wildman–Crippen MR) is 232 cm³/mol. The number of imidazole rings is 2. The number of halogens is 2. The third-order valence-corrected chi connectivity index (χ3v) is 10.2. The lowest BCUT2D eigenvalue weighted by atomic mass is 10.0. The number of carbonyl (C=O) groups excluding carboxylic acids is 1. The third-order valence-electron chi connectivity index (χ3n) is 9.16. The summed E-state index contributed by atoms with van der Waals surface area (Å²) in [5.41, 5.74) is 14.3. The van der Waals surface area contributed by atoms with Crippen molar-refractivity contribution in [2.75, 3.05) is 6.61 Å². The van der Waals surface area contributed by atoms with Crippen LogP contribution in [0.4, 0.5) is 0 Å². The van der Waals surface area contributed by atoms with Crippen LogP contribution in [-0.4, -0.2) is 74.3 Å². The van der Waals surface area contributed by atoms with Crippen molar-refractivity contribution in [3.63, 3.8) is 0 Å². The largest absolute Gasteiger partial charge is 0.461 e. The molecule has 0 saturated heterocycles. The number of amidine groups is 1. The molecule has 0 unspecified atom stereocenters. The number of hydrogen-bond acceptors (Lipinski definition) is 13. The van der Waals surface area contributed by atoms with Crippen LogP contribution in [0.3, 0.4) is 0 Å². The topological polar surface area (TPSA) is 210 Å². The average molecular weight is 935 g/mol. The SMILES string of the molecule is C/C(N)=N/O.CCOC(=O)c1ncn2c1[C@@H](C)N=C(c1ccccn1)c1cc(Br)ccc1-2.Cc1noc(-c2ncn3c2[C@@H](C)N=C(c2ccccn2)c2cc(Br)ccc2-3)n1. The summed E-state index contributed by atoms with van der Waals surface area (Å²) in [5, 5.41) is 14.1. The van der Waals surface area contributed by atoms with Crippen molar-refractivity contribution in [2.45, 2.75) is 46.7 Å². The van der Waals surface area contributed by atoms with E-state index in [9.17, 15) is 4.79 Å². The second kappa shape index (κ2) is 18.1. The number of nitrogens with two attached hydrogens (primary N) is 1. The average Bonchev–Trinajstić information content (AvgIpc) is 3.98. The fourth-order valence-electron chi connectivity index (χ4n) is 6.69. The Labute approximate surface area is 361 Å². The standard InChI is InChI=1S/C20H15BrN6O.C20H17BrN4O2.C2H6N2O/c1-11-19-18(20-25-12(2)26-28-20)23-10-27(19)16-7-6-13(21)9-14(16)17(24-11)15-5-3-4-8-22-15;1-3-27-20(26)18-19-12(2)24-17(15-6-4-5-9-22-15)14-10-13(21)7-8-16(14)25(19)11-23-18;1-2(3)4-5/h3-11H,1-2H3;4-12H,3H2,1-2H3;5H,1H3,(H2,3,4)/t11-;12-;/m11./s1. The number of esters is 1. The van der Waals surface area contributed by atoms with Crippen molar-refractivity contribution < 1.29 is 19.3 Å². The molecule has 2 aromatic carbocycles. The fourth-order valence-corrected chi connectivity index (χ4v) is 7.41. The van der Waals surface area contributed by atoms with E-state index >= 15 is 0 Å². The lowest BCUT2D eigenvalue weighted by Gasteiger charge is -2.12. The Morgan fingerprint density at radius 1 is 0.833 bits per heavy atom. The zero-order valence-corrected chi connectivity index (χ0v) is 36.2. The number of benzene rings is 2. The molecule has 0 spiro atoms. The van der Waals surface area contributed by atoms with E-state index in [1.165, 1.54) is 6.92 Å². The zero-order chi connectivity index (χ0) is 42.5. The molecule has 60 heavy (non-hydrogen) atoms. The summed E-state index contributed by atoms with van der Waals surface area (Å²) in [6.45, 7) is 9.34. The van der Waals surface area contributed by atoms with Gasteiger partial charge in [-0.15, -0.1) is 0 Å². The van der Waals surface area contributed by atoms with E-state index in [1.54, 1.807) is 38.9 Å². The Hall–Kier alpha value is -6.66. The highest BCUT2D eigenvalue weighted by atomic mass is 79.9. The molecule has 0 saturated carbocycles. The van der Waals surface area contributed by atoms with Gasteiger partial charge in [-0.1, -0.05) is 54.3 Å². The van der Waals surface area contributed by atoms with Crippen LogP contribution in [0.5, 0.6) is 0 Å². The summed E-state index contributed by atoms with van der Waals surface area (Å²) >= 11 is 7.13. The normalized spacial score (nSPS) is 15.2. The van der Waals surface area contributed by atoms with Gasteiger partial charge in [0.1, 0.15) is 18.5 Å². The van der Waals surface area contributed by atoms with E-state index in [0.29, 0.717) is 35.4 Å². The second-order valence-corrected chi connectivity index (χ2v) is 15.2. The highest BCUT2D eigenvalue weighted by molar-refractivity contribution is 9.10. The molecule has 0 fully saturated rings. The number of aromatic nitrogens is 8. The lowest BCUT2D eigenvalue weighted by Crippen LogP contribution is -2.11. The first kappa shape index (κ1) is 41.5. The predicted octanol–water partition coefficient (Wildman–Crippen LogP) is 8.17. The monoisotopic (exact) mass is 932 g/mol. The highest BCUT2D eigenvalue weighted by Gasteiger charge is 2.31. The molecule has 7 heterocycles. The van der Waals surface area contributed by atoms with Crippen LogP contribution < -0.4 is 5.73 Å². The number of oxime groups is 1. The Balaban J connectivity index is 0.000000163. The maximum atomic E-state index is 12.4. The van der Waals surface area contributed by atoms with Gasteiger partial charge in [0.05, 0.1) is 64.3 Å². The van der Waals surface area contributed by atoms with Crippen molar-refractivity contribution in [1.29, 1.82) is 0 Å². The fraction of sp³-hybridized carbons (Fsp3) is 0.190. The molecule has 18 heteroatoms. The van der Waals surface area contributed by atoms with Crippen molar-refractivity contribution in [3.05, 3.63) is 152 Å². The molecular formula is C42H38Br2N12O4. The number of fused-ring (bicyclic) bond motifs is 6. The van der Waals surface area contributed by atoms with Gasteiger partial charge in [-0.3, -0.25) is 29.1 Å². The molecule has 0 amide bonds. The molecule has 0 radical (unpaired) electrons. The Morgan fingerprint density at radius 2 is 1.37 bits per heavy atom.